The maximum absolute atomic E-state index is 12.7. The molecule has 2 aromatic rings. The number of benzene rings is 1. The second kappa shape index (κ2) is 4.94. The molecule has 1 heterocycles. The van der Waals surface area contributed by atoms with E-state index in [9.17, 15) is 13.2 Å². The van der Waals surface area contributed by atoms with E-state index in [0.29, 0.717) is 12.0 Å². The number of rotatable bonds is 2. The van der Waals surface area contributed by atoms with E-state index in [1.165, 1.54) is 12.4 Å². The highest BCUT2D eigenvalue weighted by molar-refractivity contribution is 6.31. The van der Waals surface area contributed by atoms with E-state index in [1.54, 1.807) is 18.5 Å². The Morgan fingerprint density at radius 2 is 1.72 bits per heavy atom. The lowest BCUT2D eigenvalue weighted by Crippen LogP contribution is -2.06. The molecule has 0 amide bonds. The Morgan fingerprint density at radius 1 is 1.06 bits per heavy atom. The predicted octanol–water partition coefficient (Wildman–Crippen LogP) is 3.74. The molecule has 0 radical (unpaired) electrons. The van der Waals surface area contributed by atoms with Crippen molar-refractivity contribution in [3.63, 3.8) is 0 Å². The zero-order valence-corrected chi connectivity index (χ0v) is 9.83. The topological polar surface area (TPSA) is 25.8 Å². The molecule has 0 bridgehead atoms. The maximum Gasteiger partial charge on any atom is 0.417 e. The molecule has 0 aliphatic heterocycles. The second-order valence-electron chi connectivity index (χ2n) is 3.74. The van der Waals surface area contributed by atoms with E-state index >= 15 is 0 Å². The van der Waals surface area contributed by atoms with Crippen molar-refractivity contribution in [1.82, 2.24) is 9.97 Å². The van der Waals surface area contributed by atoms with Gasteiger partial charge in [-0.25, -0.2) is 9.97 Å². The first kappa shape index (κ1) is 12.8. The number of hydrogen-bond acceptors (Lipinski definition) is 2. The number of alkyl halides is 3. The fourth-order valence-corrected chi connectivity index (χ4v) is 1.78. The van der Waals surface area contributed by atoms with E-state index in [1.807, 2.05) is 0 Å². The Bertz CT molecular complexity index is 541. The van der Waals surface area contributed by atoms with Crippen LogP contribution in [0, 0.1) is 0 Å². The number of halogens is 4. The van der Waals surface area contributed by atoms with Gasteiger partial charge in [-0.1, -0.05) is 17.7 Å². The van der Waals surface area contributed by atoms with Gasteiger partial charge in [0.15, 0.2) is 0 Å². The van der Waals surface area contributed by atoms with Gasteiger partial charge in [0.1, 0.15) is 6.33 Å². The molecule has 94 valence electrons. The lowest BCUT2D eigenvalue weighted by molar-refractivity contribution is -0.137. The van der Waals surface area contributed by atoms with Crippen molar-refractivity contribution in [3.8, 4) is 0 Å². The van der Waals surface area contributed by atoms with Gasteiger partial charge in [0.2, 0.25) is 0 Å². The van der Waals surface area contributed by atoms with E-state index < -0.39 is 11.7 Å². The molecule has 6 heteroatoms. The number of aromatic nitrogens is 2. The molecular formula is C12H8ClF3N2. The van der Waals surface area contributed by atoms with Gasteiger partial charge in [-0.05, 0) is 23.3 Å². The van der Waals surface area contributed by atoms with Crippen LogP contribution in [0.3, 0.4) is 0 Å². The van der Waals surface area contributed by atoms with Gasteiger partial charge in [0.05, 0.1) is 10.6 Å². The van der Waals surface area contributed by atoms with Crippen molar-refractivity contribution in [2.24, 2.45) is 0 Å². The van der Waals surface area contributed by atoms with Crippen LogP contribution in [-0.2, 0) is 12.6 Å². The monoisotopic (exact) mass is 272 g/mol. The van der Waals surface area contributed by atoms with Crippen molar-refractivity contribution in [1.29, 1.82) is 0 Å². The Morgan fingerprint density at radius 3 is 2.33 bits per heavy atom. The Labute approximate surface area is 106 Å². The zero-order chi connectivity index (χ0) is 13.2. The molecule has 2 rings (SSSR count). The summed E-state index contributed by atoms with van der Waals surface area (Å²) in [6, 6.07) is 3.86. The van der Waals surface area contributed by atoms with Crippen molar-refractivity contribution in [2.45, 2.75) is 12.6 Å². The summed E-state index contributed by atoms with van der Waals surface area (Å²) < 4.78 is 38.0. The third-order valence-electron chi connectivity index (χ3n) is 2.36. The molecule has 0 N–H and O–H groups in total. The normalized spacial score (nSPS) is 11.6. The SMILES string of the molecule is FC(F)(F)c1cc(Cc2cncnc2)ccc1Cl. The van der Waals surface area contributed by atoms with Crippen LogP contribution >= 0.6 is 11.6 Å². The van der Waals surface area contributed by atoms with Gasteiger partial charge in [0, 0.05) is 18.8 Å². The number of hydrogen-bond donors (Lipinski definition) is 0. The second-order valence-corrected chi connectivity index (χ2v) is 4.14. The molecule has 0 spiro atoms. The third kappa shape index (κ3) is 2.98. The molecule has 0 fully saturated rings. The average Bonchev–Trinajstić information content (AvgIpc) is 2.31. The molecule has 0 aliphatic rings. The smallest absolute Gasteiger partial charge is 0.245 e. The highest BCUT2D eigenvalue weighted by atomic mass is 35.5. The highest BCUT2D eigenvalue weighted by Gasteiger charge is 2.33. The lowest BCUT2D eigenvalue weighted by Gasteiger charge is -2.10. The minimum absolute atomic E-state index is 0.296. The first-order chi connectivity index (χ1) is 8.47. The number of nitrogens with zero attached hydrogens (tertiary/aromatic N) is 2. The largest absolute Gasteiger partial charge is 0.417 e. The fraction of sp³-hybridized carbons (Fsp3) is 0.167. The van der Waals surface area contributed by atoms with Crippen molar-refractivity contribution < 1.29 is 13.2 Å². The molecule has 1 aromatic heterocycles. The van der Waals surface area contributed by atoms with Gasteiger partial charge < -0.3 is 0 Å². The van der Waals surface area contributed by atoms with Crippen LogP contribution in [0.1, 0.15) is 16.7 Å². The van der Waals surface area contributed by atoms with E-state index in [4.69, 9.17) is 11.6 Å². The minimum atomic E-state index is -4.44. The van der Waals surface area contributed by atoms with Crippen molar-refractivity contribution in [2.75, 3.05) is 0 Å². The summed E-state index contributed by atoms with van der Waals surface area (Å²) >= 11 is 5.54. The molecule has 0 aliphatic carbocycles. The third-order valence-corrected chi connectivity index (χ3v) is 2.69. The van der Waals surface area contributed by atoms with Gasteiger partial charge in [-0.3, -0.25) is 0 Å². The van der Waals surface area contributed by atoms with Gasteiger partial charge in [0.25, 0.3) is 0 Å². The van der Waals surface area contributed by atoms with Crippen LogP contribution in [0.2, 0.25) is 5.02 Å². The van der Waals surface area contributed by atoms with Crippen LogP contribution < -0.4 is 0 Å². The summed E-state index contributed by atoms with van der Waals surface area (Å²) in [6.07, 6.45) is 0.387. The Kier molecular flexibility index (Phi) is 3.52. The van der Waals surface area contributed by atoms with E-state index in [-0.39, 0.29) is 5.02 Å². The van der Waals surface area contributed by atoms with Crippen molar-refractivity contribution in [3.05, 3.63) is 58.6 Å². The first-order valence-corrected chi connectivity index (χ1v) is 5.44. The van der Waals surface area contributed by atoms with Gasteiger partial charge in [-0.15, -0.1) is 0 Å². The fourth-order valence-electron chi connectivity index (χ4n) is 1.56. The van der Waals surface area contributed by atoms with Crippen LogP contribution in [0.15, 0.2) is 36.9 Å². The zero-order valence-electron chi connectivity index (χ0n) is 9.08. The summed E-state index contributed by atoms with van der Waals surface area (Å²) in [5.41, 5.74) is 0.438. The molecule has 0 unspecified atom stereocenters. The molecule has 0 saturated heterocycles. The summed E-state index contributed by atoms with van der Waals surface area (Å²) in [5, 5.41) is -0.296. The highest BCUT2D eigenvalue weighted by Crippen LogP contribution is 2.35. The van der Waals surface area contributed by atoms with Crippen LogP contribution in [-0.4, -0.2) is 9.97 Å². The van der Waals surface area contributed by atoms with Gasteiger partial charge in [-0.2, -0.15) is 13.2 Å². The van der Waals surface area contributed by atoms with E-state index in [0.717, 1.165) is 11.6 Å². The van der Waals surface area contributed by atoms with Gasteiger partial charge >= 0.3 is 6.18 Å². The molecular weight excluding hydrogens is 265 g/mol. The van der Waals surface area contributed by atoms with E-state index in [2.05, 4.69) is 9.97 Å². The maximum atomic E-state index is 12.7. The molecule has 0 saturated carbocycles. The standard InChI is InChI=1S/C12H8ClF3N2/c13-11-2-1-8(4-10(11)12(14,15)16)3-9-5-17-7-18-6-9/h1-2,4-7H,3H2. The van der Waals surface area contributed by atoms with Crippen LogP contribution in [0.25, 0.3) is 0 Å². The Hall–Kier alpha value is -1.62. The minimum Gasteiger partial charge on any atom is -0.245 e. The quantitative estimate of drug-likeness (QED) is 0.832. The molecule has 18 heavy (non-hydrogen) atoms. The van der Waals surface area contributed by atoms with Crippen LogP contribution in [0.4, 0.5) is 13.2 Å². The Balaban J connectivity index is 2.31. The summed E-state index contributed by atoms with van der Waals surface area (Å²) in [5.74, 6) is 0. The average molecular weight is 273 g/mol. The van der Waals surface area contributed by atoms with Crippen molar-refractivity contribution >= 4 is 11.6 Å². The van der Waals surface area contributed by atoms with Crippen LogP contribution in [0.5, 0.6) is 0 Å². The lowest BCUT2D eigenvalue weighted by atomic mass is 10.0. The first-order valence-electron chi connectivity index (χ1n) is 5.06. The predicted molar refractivity (Wildman–Crippen MR) is 61.3 cm³/mol. The molecule has 0 atom stereocenters. The molecule has 2 nitrogen and oxygen atoms in total. The summed E-state index contributed by atoms with van der Waals surface area (Å²) in [4.78, 5) is 7.62. The molecule has 1 aromatic carbocycles. The summed E-state index contributed by atoms with van der Waals surface area (Å²) in [7, 11) is 0. The summed E-state index contributed by atoms with van der Waals surface area (Å²) in [6.45, 7) is 0.